The van der Waals surface area contributed by atoms with Crippen molar-refractivity contribution in [3.8, 4) is 0 Å². The number of carbonyl (C=O) groups is 2. The second-order valence-corrected chi connectivity index (χ2v) is 6.91. The molecular weight excluding hydrogens is 352 g/mol. The number of benzene rings is 2. The molecule has 0 heterocycles. The summed E-state index contributed by atoms with van der Waals surface area (Å²) < 4.78 is 11.0. The Kier molecular flexibility index (Phi) is 9.84. The van der Waals surface area contributed by atoms with Crippen molar-refractivity contribution in [1.82, 2.24) is 0 Å². The van der Waals surface area contributed by atoms with E-state index in [4.69, 9.17) is 9.47 Å². The van der Waals surface area contributed by atoms with Gasteiger partial charge in [-0.25, -0.2) is 9.59 Å². The van der Waals surface area contributed by atoms with E-state index in [1.807, 2.05) is 12.1 Å². The first-order valence-corrected chi connectivity index (χ1v) is 10.2. The molecule has 0 aliphatic carbocycles. The summed E-state index contributed by atoms with van der Waals surface area (Å²) in [6.45, 7) is 2.27. The molecule has 2 aromatic rings. The first-order valence-electron chi connectivity index (χ1n) is 10.2. The highest BCUT2D eigenvalue weighted by Crippen LogP contribution is 2.14. The zero-order chi connectivity index (χ0) is 20.0. The molecule has 2 rings (SSSR count). The molecule has 0 aliphatic rings. The minimum Gasteiger partial charge on any atom is -0.458 e. The molecule has 2 aromatic carbocycles. The third-order valence-electron chi connectivity index (χ3n) is 4.57. The van der Waals surface area contributed by atoms with Crippen LogP contribution in [0.1, 0.15) is 72.6 Å². The molecule has 0 aromatic heterocycles. The van der Waals surface area contributed by atoms with E-state index < -0.39 is 12.1 Å². The number of esters is 2. The predicted octanol–water partition coefficient (Wildman–Crippen LogP) is 5.82. The van der Waals surface area contributed by atoms with Gasteiger partial charge in [0.25, 0.3) is 0 Å². The van der Waals surface area contributed by atoms with E-state index in [9.17, 15) is 9.59 Å². The van der Waals surface area contributed by atoms with Crippen LogP contribution in [-0.4, -0.2) is 24.6 Å². The lowest BCUT2D eigenvalue weighted by Gasteiger charge is -2.18. The topological polar surface area (TPSA) is 52.6 Å². The predicted molar refractivity (Wildman–Crippen MR) is 110 cm³/mol. The number of hydrogen-bond donors (Lipinski definition) is 0. The Morgan fingerprint density at radius 1 is 0.750 bits per heavy atom. The molecule has 28 heavy (non-hydrogen) atoms. The third-order valence-corrected chi connectivity index (χ3v) is 4.57. The highest BCUT2D eigenvalue weighted by molar-refractivity contribution is 5.90. The van der Waals surface area contributed by atoms with Gasteiger partial charge in [0.15, 0.2) is 0 Å². The molecule has 0 saturated carbocycles. The van der Waals surface area contributed by atoms with Gasteiger partial charge in [0.2, 0.25) is 0 Å². The Morgan fingerprint density at radius 2 is 1.29 bits per heavy atom. The van der Waals surface area contributed by atoms with Gasteiger partial charge in [-0.05, 0) is 37.1 Å². The smallest absolute Gasteiger partial charge is 0.338 e. The van der Waals surface area contributed by atoms with E-state index in [1.54, 1.807) is 48.5 Å². The summed E-state index contributed by atoms with van der Waals surface area (Å²) in [5, 5.41) is 0. The summed E-state index contributed by atoms with van der Waals surface area (Å²) in [7, 11) is 0. The summed E-state index contributed by atoms with van der Waals surface area (Å²) in [4.78, 5) is 24.6. The van der Waals surface area contributed by atoms with Crippen LogP contribution in [0.2, 0.25) is 0 Å². The fraction of sp³-hybridized carbons (Fsp3) is 0.417. The Bertz CT molecular complexity index is 697. The maximum atomic E-state index is 12.4. The summed E-state index contributed by atoms with van der Waals surface area (Å²) in [5.41, 5.74) is 1.00. The second kappa shape index (κ2) is 12.7. The minimum atomic E-state index is -0.438. The van der Waals surface area contributed by atoms with Gasteiger partial charge in [-0.1, -0.05) is 75.4 Å². The van der Waals surface area contributed by atoms with Gasteiger partial charge in [-0.3, -0.25) is 0 Å². The lowest BCUT2D eigenvalue weighted by molar-refractivity contribution is -0.00341. The van der Waals surface area contributed by atoms with Crippen molar-refractivity contribution in [3.05, 3.63) is 71.8 Å². The molecule has 0 fully saturated rings. The average Bonchev–Trinajstić information content (AvgIpc) is 2.75. The molecular formula is C24H30O4. The zero-order valence-electron chi connectivity index (χ0n) is 16.6. The fourth-order valence-corrected chi connectivity index (χ4v) is 2.95. The first-order chi connectivity index (χ1) is 13.7. The van der Waals surface area contributed by atoms with Crippen LogP contribution in [0.15, 0.2) is 60.7 Å². The second-order valence-electron chi connectivity index (χ2n) is 6.91. The molecule has 0 spiro atoms. The van der Waals surface area contributed by atoms with Crippen LogP contribution in [0.3, 0.4) is 0 Å². The Morgan fingerprint density at radius 3 is 1.89 bits per heavy atom. The van der Waals surface area contributed by atoms with Crippen LogP contribution in [0.5, 0.6) is 0 Å². The minimum absolute atomic E-state index is 0.0707. The Labute approximate surface area is 167 Å². The van der Waals surface area contributed by atoms with Crippen LogP contribution < -0.4 is 0 Å². The van der Waals surface area contributed by atoms with E-state index in [0.29, 0.717) is 17.5 Å². The molecule has 0 amide bonds. The van der Waals surface area contributed by atoms with Gasteiger partial charge in [0.05, 0.1) is 11.1 Å². The van der Waals surface area contributed by atoms with Gasteiger partial charge in [0.1, 0.15) is 12.7 Å². The monoisotopic (exact) mass is 382 g/mol. The molecule has 0 aliphatic heterocycles. The molecule has 0 bridgehead atoms. The maximum absolute atomic E-state index is 12.4. The molecule has 1 unspecified atom stereocenters. The number of rotatable bonds is 12. The van der Waals surface area contributed by atoms with Crippen molar-refractivity contribution in [2.45, 2.75) is 58.0 Å². The summed E-state index contributed by atoms with van der Waals surface area (Å²) in [6, 6.07) is 17.7. The van der Waals surface area contributed by atoms with Gasteiger partial charge in [-0.15, -0.1) is 0 Å². The first kappa shape index (κ1) is 21.7. The van der Waals surface area contributed by atoms with Crippen molar-refractivity contribution in [3.63, 3.8) is 0 Å². The summed E-state index contributed by atoms with van der Waals surface area (Å²) >= 11 is 0. The number of ether oxygens (including phenoxy) is 2. The molecule has 0 saturated heterocycles. The fourth-order valence-electron chi connectivity index (χ4n) is 2.95. The van der Waals surface area contributed by atoms with E-state index in [0.717, 1.165) is 12.8 Å². The van der Waals surface area contributed by atoms with Crippen molar-refractivity contribution in [2.24, 2.45) is 0 Å². The zero-order valence-corrected chi connectivity index (χ0v) is 16.6. The van der Waals surface area contributed by atoms with Crippen molar-refractivity contribution >= 4 is 11.9 Å². The quantitative estimate of drug-likeness (QED) is 0.343. The lowest BCUT2D eigenvalue weighted by atomic mass is 10.1. The molecule has 1 atom stereocenters. The largest absolute Gasteiger partial charge is 0.458 e. The third kappa shape index (κ3) is 7.95. The van der Waals surface area contributed by atoms with E-state index in [2.05, 4.69) is 6.92 Å². The van der Waals surface area contributed by atoms with Gasteiger partial charge in [0, 0.05) is 0 Å². The van der Waals surface area contributed by atoms with Crippen LogP contribution in [-0.2, 0) is 9.47 Å². The SMILES string of the molecule is CCCCCCCCC(COC(=O)c1ccccc1)OC(=O)c1ccccc1. The molecule has 150 valence electrons. The van der Waals surface area contributed by atoms with Gasteiger partial charge < -0.3 is 9.47 Å². The normalized spacial score (nSPS) is 11.6. The summed E-state index contributed by atoms with van der Waals surface area (Å²) in [6.07, 6.45) is 7.16. The molecule has 4 nitrogen and oxygen atoms in total. The molecule has 0 N–H and O–H groups in total. The van der Waals surface area contributed by atoms with E-state index in [-0.39, 0.29) is 12.6 Å². The highest BCUT2D eigenvalue weighted by Gasteiger charge is 2.18. The number of hydrogen-bond acceptors (Lipinski definition) is 4. The van der Waals surface area contributed by atoms with Crippen molar-refractivity contribution in [1.29, 1.82) is 0 Å². The van der Waals surface area contributed by atoms with Crippen LogP contribution in [0, 0.1) is 0 Å². The molecule has 0 radical (unpaired) electrons. The highest BCUT2D eigenvalue weighted by atomic mass is 16.6. The van der Waals surface area contributed by atoms with Crippen LogP contribution in [0.25, 0.3) is 0 Å². The standard InChI is InChI=1S/C24H30O4/c1-2-3-4-5-6-13-18-22(28-24(26)21-16-11-8-12-17-21)19-27-23(25)20-14-9-7-10-15-20/h7-12,14-17,22H,2-6,13,18-19H2,1H3. The van der Waals surface area contributed by atoms with Crippen molar-refractivity contribution in [2.75, 3.05) is 6.61 Å². The van der Waals surface area contributed by atoms with Crippen LogP contribution in [0.4, 0.5) is 0 Å². The van der Waals surface area contributed by atoms with E-state index >= 15 is 0 Å². The number of unbranched alkanes of at least 4 members (excludes halogenated alkanes) is 5. The average molecular weight is 383 g/mol. The Hall–Kier alpha value is -2.62. The van der Waals surface area contributed by atoms with Gasteiger partial charge in [-0.2, -0.15) is 0 Å². The van der Waals surface area contributed by atoms with Gasteiger partial charge >= 0.3 is 11.9 Å². The molecule has 4 heteroatoms. The maximum Gasteiger partial charge on any atom is 0.338 e. The van der Waals surface area contributed by atoms with E-state index in [1.165, 1.54) is 25.7 Å². The Balaban J connectivity index is 1.87. The lowest BCUT2D eigenvalue weighted by Crippen LogP contribution is -2.25. The van der Waals surface area contributed by atoms with Crippen molar-refractivity contribution < 1.29 is 19.1 Å². The number of carbonyl (C=O) groups excluding carboxylic acids is 2. The van der Waals surface area contributed by atoms with Crippen LogP contribution >= 0.6 is 0 Å². The summed E-state index contributed by atoms with van der Waals surface area (Å²) in [5.74, 6) is -0.781.